The van der Waals surface area contributed by atoms with Crippen LogP contribution in [-0.4, -0.2) is 18.0 Å². The van der Waals surface area contributed by atoms with E-state index in [1.807, 2.05) is 5.43 Å². The van der Waals surface area contributed by atoms with Gasteiger partial charge in [0, 0.05) is 5.56 Å². The quantitative estimate of drug-likeness (QED) is 0.505. The number of carbonyl (C=O) groups is 2. The molecule has 2 aromatic rings. The third-order valence-electron chi connectivity index (χ3n) is 2.68. The molecule has 2 amide bonds. The number of nitrogens with zero attached hydrogens (tertiary/aromatic N) is 1. The Bertz CT molecular complexity index is 781. The van der Waals surface area contributed by atoms with Gasteiger partial charge in [-0.25, -0.2) is 9.82 Å². The summed E-state index contributed by atoms with van der Waals surface area (Å²) >= 11 is 11.8. The van der Waals surface area contributed by atoms with Crippen LogP contribution in [0.2, 0.25) is 10.0 Å². The van der Waals surface area contributed by atoms with Crippen LogP contribution in [0.15, 0.2) is 47.6 Å². The number of nitrogens with one attached hydrogen (secondary N) is 2. The summed E-state index contributed by atoms with van der Waals surface area (Å²) in [6, 6.07) is 10.4. The first kappa shape index (κ1) is 16.9. The van der Waals surface area contributed by atoms with Gasteiger partial charge in [0.25, 0.3) is 0 Å². The number of rotatable bonds is 3. The molecule has 2 N–H and O–H groups in total. The minimum absolute atomic E-state index is 0.102. The summed E-state index contributed by atoms with van der Waals surface area (Å²) in [4.78, 5) is 23.2. The topological polar surface area (TPSA) is 70.6 Å². The second-order valence-corrected chi connectivity index (χ2v) is 5.06. The van der Waals surface area contributed by atoms with Crippen molar-refractivity contribution in [3.8, 4) is 0 Å². The van der Waals surface area contributed by atoms with Crippen LogP contribution in [0.1, 0.15) is 5.56 Å². The predicted molar refractivity (Wildman–Crippen MR) is 87.2 cm³/mol. The first-order chi connectivity index (χ1) is 11.0. The zero-order valence-electron chi connectivity index (χ0n) is 11.5. The van der Waals surface area contributed by atoms with E-state index >= 15 is 0 Å². The highest BCUT2D eigenvalue weighted by Gasteiger charge is 2.14. The van der Waals surface area contributed by atoms with Crippen molar-refractivity contribution in [2.24, 2.45) is 5.10 Å². The number of amides is 2. The molecule has 23 heavy (non-hydrogen) atoms. The van der Waals surface area contributed by atoms with Crippen molar-refractivity contribution in [1.82, 2.24) is 5.43 Å². The number of anilines is 1. The molecule has 0 heterocycles. The largest absolute Gasteiger partial charge is 0.329 e. The Kier molecular flexibility index (Phi) is 5.67. The highest BCUT2D eigenvalue weighted by Crippen LogP contribution is 2.24. The SMILES string of the molecule is O=C(N/N=C/c1cccc(Cl)c1Cl)C(=O)Nc1ccccc1F. The first-order valence-electron chi connectivity index (χ1n) is 6.32. The zero-order valence-corrected chi connectivity index (χ0v) is 13.0. The van der Waals surface area contributed by atoms with Gasteiger partial charge in [-0.2, -0.15) is 5.10 Å². The van der Waals surface area contributed by atoms with Crippen LogP contribution in [0.3, 0.4) is 0 Å². The standard InChI is InChI=1S/C15H10Cl2FN3O2/c16-10-5-3-4-9(13(10)17)8-19-21-15(23)14(22)20-12-7-2-1-6-11(12)18/h1-8H,(H,20,22)(H,21,23)/b19-8+. The van der Waals surface area contributed by atoms with E-state index in [-0.39, 0.29) is 10.7 Å². The highest BCUT2D eigenvalue weighted by molar-refractivity contribution is 6.43. The zero-order chi connectivity index (χ0) is 16.8. The second-order valence-electron chi connectivity index (χ2n) is 4.28. The summed E-state index contributed by atoms with van der Waals surface area (Å²) < 4.78 is 13.4. The van der Waals surface area contributed by atoms with E-state index in [0.717, 1.165) is 6.07 Å². The van der Waals surface area contributed by atoms with E-state index in [9.17, 15) is 14.0 Å². The predicted octanol–water partition coefficient (Wildman–Crippen LogP) is 3.22. The van der Waals surface area contributed by atoms with Crippen LogP contribution < -0.4 is 10.7 Å². The lowest BCUT2D eigenvalue weighted by Gasteiger charge is -2.04. The van der Waals surface area contributed by atoms with Gasteiger partial charge in [0.1, 0.15) is 5.82 Å². The molecule has 0 spiro atoms. The molecule has 0 aliphatic carbocycles. The van der Waals surface area contributed by atoms with Crippen molar-refractivity contribution in [3.05, 3.63) is 63.9 Å². The van der Waals surface area contributed by atoms with Crippen molar-refractivity contribution in [3.63, 3.8) is 0 Å². The molecule has 0 unspecified atom stereocenters. The van der Waals surface area contributed by atoms with E-state index in [1.165, 1.54) is 24.4 Å². The molecule has 2 aromatic carbocycles. The summed E-state index contributed by atoms with van der Waals surface area (Å²) in [5.74, 6) is -2.75. The van der Waals surface area contributed by atoms with Gasteiger partial charge in [-0.15, -0.1) is 0 Å². The van der Waals surface area contributed by atoms with E-state index < -0.39 is 17.6 Å². The third kappa shape index (κ3) is 4.51. The fourth-order valence-electron chi connectivity index (χ4n) is 1.57. The molecule has 0 saturated carbocycles. The molecule has 0 saturated heterocycles. The van der Waals surface area contributed by atoms with Crippen molar-refractivity contribution in [2.45, 2.75) is 0 Å². The van der Waals surface area contributed by atoms with Crippen LogP contribution in [0.4, 0.5) is 10.1 Å². The second kappa shape index (κ2) is 7.71. The van der Waals surface area contributed by atoms with E-state index in [2.05, 4.69) is 10.4 Å². The Labute approximate surface area is 141 Å². The molecule has 0 aliphatic heterocycles. The Morgan fingerprint density at radius 2 is 1.78 bits per heavy atom. The lowest BCUT2D eigenvalue weighted by Crippen LogP contribution is -2.32. The van der Waals surface area contributed by atoms with Crippen LogP contribution >= 0.6 is 23.2 Å². The maximum atomic E-state index is 13.4. The van der Waals surface area contributed by atoms with Gasteiger partial charge in [0.15, 0.2) is 0 Å². The summed E-state index contributed by atoms with van der Waals surface area (Å²) in [5.41, 5.74) is 2.38. The molecule has 118 valence electrons. The summed E-state index contributed by atoms with van der Waals surface area (Å²) in [6.07, 6.45) is 1.24. The van der Waals surface area contributed by atoms with E-state index in [4.69, 9.17) is 23.2 Å². The van der Waals surface area contributed by atoms with Crippen molar-refractivity contribution < 1.29 is 14.0 Å². The van der Waals surface area contributed by atoms with Crippen molar-refractivity contribution >= 4 is 46.9 Å². The lowest BCUT2D eigenvalue weighted by molar-refractivity contribution is -0.136. The number of hydrogen-bond acceptors (Lipinski definition) is 3. The van der Waals surface area contributed by atoms with Crippen molar-refractivity contribution in [1.29, 1.82) is 0 Å². The number of halogens is 3. The summed E-state index contributed by atoms with van der Waals surface area (Å²) in [7, 11) is 0. The number of benzene rings is 2. The third-order valence-corrected chi connectivity index (χ3v) is 3.51. The Morgan fingerprint density at radius 1 is 1.04 bits per heavy atom. The van der Waals surface area contributed by atoms with Crippen LogP contribution in [-0.2, 0) is 9.59 Å². The molecule has 2 rings (SSSR count). The molecule has 0 aliphatic rings. The van der Waals surface area contributed by atoms with Gasteiger partial charge < -0.3 is 5.32 Å². The van der Waals surface area contributed by atoms with Gasteiger partial charge >= 0.3 is 11.8 Å². The molecular weight excluding hydrogens is 344 g/mol. The maximum absolute atomic E-state index is 13.4. The first-order valence-corrected chi connectivity index (χ1v) is 7.07. The van der Waals surface area contributed by atoms with Gasteiger partial charge in [0.2, 0.25) is 0 Å². The number of carbonyl (C=O) groups excluding carboxylic acids is 2. The van der Waals surface area contributed by atoms with Gasteiger partial charge in [-0.3, -0.25) is 9.59 Å². The van der Waals surface area contributed by atoms with Crippen LogP contribution in [0.5, 0.6) is 0 Å². The van der Waals surface area contributed by atoms with Crippen LogP contribution in [0.25, 0.3) is 0 Å². The van der Waals surface area contributed by atoms with Gasteiger partial charge in [-0.05, 0) is 18.2 Å². The lowest BCUT2D eigenvalue weighted by atomic mass is 10.2. The average Bonchev–Trinajstić information content (AvgIpc) is 2.53. The molecule has 0 radical (unpaired) electrons. The Morgan fingerprint density at radius 3 is 2.52 bits per heavy atom. The summed E-state index contributed by atoms with van der Waals surface area (Å²) in [5, 5.41) is 6.34. The molecule has 0 bridgehead atoms. The minimum Gasteiger partial charge on any atom is -0.315 e. The normalized spacial score (nSPS) is 10.6. The molecule has 0 atom stereocenters. The molecule has 5 nitrogen and oxygen atoms in total. The maximum Gasteiger partial charge on any atom is 0.329 e. The Balaban J connectivity index is 1.96. The fraction of sp³-hybridized carbons (Fsp3) is 0. The molecule has 8 heteroatoms. The highest BCUT2D eigenvalue weighted by atomic mass is 35.5. The number of para-hydroxylation sites is 1. The Hall–Kier alpha value is -2.44. The average molecular weight is 354 g/mol. The van der Waals surface area contributed by atoms with Gasteiger partial charge in [-0.1, -0.05) is 47.5 Å². The van der Waals surface area contributed by atoms with Gasteiger partial charge in [0.05, 0.1) is 21.9 Å². The van der Waals surface area contributed by atoms with Crippen LogP contribution in [0, 0.1) is 5.82 Å². The van der Waals surface area contributed by atoms with E-state index in [0.29, 0.717) is 10.6 Å². The fourth-order valence-corrected chi connectivity index (χ4v) is 1.93. The molecule has 0 fully saturated rings. The number of hydrogen-bond donors (Lipinski definition) is 2. The molecule has 0 aromatic heterocycles. The van der Waals surface area contributed by atoms with Crippen molar-refractivity contribution in [2.75, 3.05) is 5.32 Å². The number of hydrazone groups is 1. The smallest absolute Gasteiger partial charge is 0.315 e. The monoisotopic (exact) mass is 353 g/mol. The minimum atomic E-state index is -1.05. The molecular formula is C15H10Cl2FN3O2. The van der Waals surface area contributed by atoms with E-state index in [1.54, 1.807) is 18.2 Å². The summed E-state index contributed by atoms with van der Waals surface area (Å²) in [6.45, 7) is 0.